The lowest BCUT2D eigenvalue weighted by Gasteiger charge is -2.19. The normalized spacial score (nSPS) is 13.1. The molecule has 0 amide bonds. The summed E-state index contributed by atoms with van der Waals surface area (Å²) in [5.74, 6) is 0.703. The van der Waals surface area contributed by atoms with Gasteiger partial charge in [0.25, 0.3) is 0 Å². The van der Waals surface area contributed by atoms with E-state index in [4.69, 9.17) is 0 Å². The van der Waals surface area contributed by atoms with Crippen molar-refractivity contribution in [1.29, 1.82) is 0 Å². The van der Waals surface area contributed by atoms with Crippen molar-refractivity contribution in [2.45, 2.75) is 72.1 Å². The van der Waals surface area contributed by atoms with E-state index in [0.29, 0.717) is 5.92 Å². The van der Waals surface area contributed by atoms with Crippen LogP contribution in [0.2, 0.25) is 0 Å². The van der Waals surface area contributed by atoms with Gasteiger partial charge in [-0.05, 0) is 54.7 Å². The number of rotatable bonds is 8. The number of allylic oxidation sites excluding steroid dienone is 2. The van der Waals surface area contributed by atoms with Crippen molar-refractivity contribution in [2.24, 2.45) is 0 Å². The Hall–Kier alpha value is -1.04. The van der Waals surface area contributed by atoms with Gasteiger partial charge < -0.3 is 0 Å². The van der Waals surface area contributed by atoms with Crippen LogP contribution in [0.1, 0.15) is 76.0 Å². The smallest absolute Gasteiger partial charge is 0.0125 e. The predicted octanol–water partition coefficient (Wildman–Crippen LogP) is 6.05. The molecule has 0 heteroatoms. The summed E-state index contributed by atoms with van der Waals surface area (Å²) in [7, 11) is 0. The second-order valence-corrected chi connectivity index (χ2v) is 5.34. The standard InChI is InChI=1S/C19H30/c1-5-9-10-12-18(11-6-2)19-15-16(7-3)13-14-17(19)8-4/h9-10,13-15,18H,5-8,11-12H2,1-4H3/b10-9-. The third-order valence-corrected chi connectivity index (χ3v) is 3.90. The zero-order valence-corrected chi connectivity index (χ0v) is 13.2. The van der Waals surface area contributed by atoms with Gasteiger partial charge in [-0.1, -0.05) is 64.5 Å². The fraction of sp³-hybridized carbons (Fsp3) is 0.579. The molecule has 1 aromatic rings. The van der Waals surface area contributed by atoms with Crippen LogP contribution >= 0.6 is 0 Å². The highest BCUT2D eigenvalue weighted by Crippen LogP contribution is 2.30. The first-order valence-corrected chi connectivity index (χ1v) is 8.03. The summed E-state index contributed by atoms with van der Waals surface area (Å²) in [5, 5.41) is 0. The molecule has 1 aromatic carbocycles. The first-order valence-electron chi connectivity index (χ1n) is 8.03. The molecule has 0 aromatic heterocycles. The lowest BCUT2D eigenvalue weighted by molar-refractivity contribution is 0.614. The number of aryl methyl sites for hydroxylation is 2. The average molecular weight is 258 g/mol. The van der Waals surface area contributed by atoms with Crippen molar-refractivity contribution in [3.8, 4) is 0 Å². The van der Waals surface area contributed by atoms with E-state index in [9.17, 15) is 0 Å². The minimum absolute atomic E-state index is 0.703. The van der Waals surface area contributed by atoms with E-state index in [1.54, 1.807) is 11.1 Å². The van der Waals surface area contributed by atoms with Gasteiger partial charge in [0, 0.05) is 0 Å². The van der Waals surface area contributed by atoms with E-state index >= 15 is 0 Å². The Balaban J connectivity index is 3.00. The van der Waals surface area contributed by atoms with E-state index in [2.05, 4.69) is 58.0 Å². The number of hydrogen-bond acceptors (Lipinski definition) is 0. The molecule has 0 aliphatic rings. The van der Waals surface area contributed by atoms with E-state index in [-0.39, 0.29) is 0 Å². The van der Waals surface area contributed by atoms with Crippen LogP contribution in [-0.2, 0) is 12.8 Å². The third-order valence-electron chi connectivity index (χ3n) is 3.90. The Morgan fingerprint density at radius 3 is 2.37 bits per heavy atom. The second-order valence-electron chi connectivity index (χ2n) is 5.34. The first kappa shape index (κ1) is 16.0. The van der Waals surface area contributed by atoms with Crippen LogP contribution in [0, 0.1) is 0 Å². The Morgan fingerprint density at radius 1 is 1.00 bits per heavy atom. The van der Waals surface area contributed by atoms with Crippen LogP contribution in [-0.4, -0.2) is 0 Å². The fourth-order valence-corrected chi connectivity index (χ4v) is 2.74. The highest BCUT2D eigenvalue weighted by molar-refractivity contribution is 5.35. The van der Waals surface area contributed by atoms with Crippen LogP contribution in [0.25, 0.3) is 0 Å². The molecule has 1 rings (SSSR count). The maximum Gasteiger partial charge on any atom is -0.0125 e. The van der Waals surface area contributed by atoms with E-state index in [0.717, 1.165) is 19.3 Å². The number of benzene rings is 1. The highest BCUT2D eigenvalue weighted by Gasteiger charge is 2.13. The minimum Gasteiger partial charge on any atom is -0.0888 e. The molecule has 0 saturated carbocycles. The van der Waals surface area contributed by atoms with Gasteiger partial charge in [0.05, 0.1) is 0 Å². The summed E-state index contributed by atoms with van der Waals surface area (Å²) >= 11 is 0. The zero-order valence-electron chi connectivity index (χ0n) is 13.2. The summed E-state index contributed by atoms with van der Waals surface area (Å²) < 4.78 is 0. The molecule has 0 saturated heterocycles. The Kier molecular flexibility index (Phi) is 7.55. The van der Waals surface area contributed by atoms with Gasteiger partial charge in [0.2, 0.25) is 0 Å². The molecule has 106 valence electrons. The number of hydrogen-bond donors (Lipinski definition) is 0. The van der Waals surface area contributed by atoms with Crippen LogP contribution < -0.4 is 0 Å². The highest BCUT2D eigenvalue weighted by atomic mass is 14.2. The van der Waals surface area contributed by atoms with Crippen molar-refractivity contribution in [3.05, 3.63) is 47.0 Å². The van der Waals surface area contributed by atoms with Gasteiger partial charge in [-0.2, -0.15) is 0 Å². The molecule has 0 bridgehead atoms. The quantitative estimate of drug-likeness (QED) is 0.498. The predicted molar refractivity (Wildman–Crippen MR) is 86.9 cm³/mol. The van der Waals surface area contributed by atoms with Gasteiger partial charge in [-0.25, -0.2) is 0 Å². The molecule has 0 aliphatic carbocycles. The summed E-state index contributed by atoms with van der Waals surface area (Å²) in [5.41, 5.74) is 4.62. The monoisotopic (exact) mass is 258 g/mol. The molecular formula is C19H30. The topological polar surface area (TPSA) is 0 Å². The maximum absolute atomic E-state index is 2.46. The van der Waals surface area contributed by atoms with E-state index < -0.39 is 0 Å². The summed E-state index contributed by atoms with van der Waals surface area (Å²) in [6.45, 7) is 9.03. The summed E-state index contributed by atoms with van der Waals surface area (Å²) in [6, 6.07) is 7.10. The molecule has 0 spiro atoms. The third kappa shape index (κ3) is 4.86. The van der Waals surface area contributed by atoms with E-state index in [1.807, 2.05) is 0 Å². The largest absolute Gasteiger partial charge is 0.0888 e. The van der Waals surface area contributed by atoms with Gasteiger partial charge in [0.1, 0.15) is 0 Å². The van der Waals surface area contributed by atoms with Crippen LogP contribution in [0.4, 0.5) is 0 Å². The molecule has 0 aliphatic heterocycles. The van der Waals surface area contributed by atoms with Crippen molar-refractivity contribution in [1.82, 2.24) is 0 Å². The summed E-state index contributed by atoms with van der Waals surface area (Å²) in [4.78, 5) is 0. The maximum atomic E-state index is 2.46. The molecule has 1 atom stereocenters. The second kappa shape index (κ2) is 8.96. The molecule has 0 heterocycles. The molecular weight excluding hydrogens is 228 g/mol. The van der Waals surface area contributed by atoms with Crippen LogP contribution in [0.5, 0.6) is 0 Å². The molecule has 0 nitrogen and oxygen atoms in total. The van der Waals surface area contributed by atoms with Crippen molar-refractivity contribution >= 4 is 0 Å². The van der Waals surface area contributed by atoms with Gasteiger partial charge in [0.15, 0.2) is 0 Å². The van der Waals surface area contributed by atoms with Crippen molar-refractivity contribution in [3.63, 3.8) is 0 Å². The molecule has 0 N–H and O–H groups in total. The lowest BCUT2D eigenvalue weighted by atomic mass is 9.86. The molecule has 0 fully saturated rings. The van der Waals surface area contributed by atoms with Gasteiger partial charge in [-0.15, -0.1) is 0 Å². The zero-order chi connectivity index (χ0) is 14.1. The summed E-state index contributed by atoms with van der Waals surface area (Å²) in [6.07, 6.45) is 11.9. The van der Waals surface area contributed by atoms with Crippen molar-refractivity contribution in [2.75, 3.05) is 0 Å². The lowest BCUT2D eigenvalue weighted by Crippen LogP contribution is -2.03. The van der Waals surface area contributed by atoms with Crippen LogP contribution in [0.15, 0.2) is 30.4 Å². The fourth-order valence-electron chi connectivity index (χ4n) is 2.74. The minimum atomic E-state index is 0.703. The van der Waals surface area contributed by atoms with Gasteiger partial charge in [-0.3, -0.25) is 0 Å². The van der Waals surface area contributed by atoms with Gasteiger partial charge >= 0.3 is 0 Å². The van der Waals surface area contributed by atoms with Crippen molar-refractivity contribution < 1.29 is 0 Å². The average Bonchev–Trinajstić information content (AvgIpc) is 2.46. The molecule has 1 unspecified atom stereocenters. The molecule has 0 radical (unpaired) electrons. The first-order chi connectivity index (χ1) is 9.26. The van der Waals surface area contributed by atoms with Crippen LogP contribution in [0.3, 0.4) is 0 Å². The van der Waals surface area contributed by atoms with E-state index in [1.165, 1.54) is 24.8 Å². The Morgan fingerprint density at radius 2 is 1.79 bits per heavy atom. The Bertz CT molecular complexity index is 387. The SMILES string of the molecule is CC/C=C\CC(CCC)c1cc(CC)ccc1CC. The molecule has 19 heavy (non-hydrogen) atoms. The Labute approximate surface area is 119 Å².